The fraction of sp³-hybridized carbons (Fsp3) is 0.0667. The van der Waals surface area contributed by atoms with Crippen molar-refractivity contribution in [1.82, 2.24) is 20.3 Å². The first-order valence-corrected chi connectivity index (χ1v) is 7.66. The van der Waals surface area contributed by atoms with Crippen LogP contribution in [0.4, 0.5) is 0 Å². The second kappa shape index (κ2) is 5.65. The predicted molar refractivity (Wildman–Crippen MR) is 82.8 cm³/mol. The zero-order chi connectivity index (χ0) is 15.6. The van der Waals surface area contributed by atoms with Crippen LogP contribution in [-0.4, -0.2) is 26.3 Å². The molecule has 4 aromatic rings. The van der Waals surface area contributed by atoms with Crippen LogP contribution in [0.2, 0.25) is 0 Å². The Morgan fingerprint density at radius 2 is 2.17 bits per heavy atom. The number of aromatic amines is 1. The second-order valence-electron chi connectivity index (χ2n) is 4.68. The van der Waals surface area contributed by atoms with Gasteiger partial charge in [0.05, 0.1) is 10.4 Å². The number of esters is 1. The lowest BCUT2D eigenvalue weighted by atomic mass is 10.2. The average Bonchev–Trinajstić information content (AvgIpc) is 3.31. The molecule has 0 aliphatic rings. The highest BCUT2D eigenvalue weighted by molar-refractivity contribution is 7.13. The largest absolute Gasteiger partial charge is 0.451 e. The molecule has 7 nitrogen and oxygen atoms in total. The first kappa shape index (κ1) is 13.6. The van der Waals surface area contributed by atoms with E-state index in [-0.39, 0.29) is 18.2 Å². The molecule has 0 fully saturated rings. The molecule has 114 valence electrons. The fourth-order valence-corrected chi connectivity index (χ4v) is 2.78. The zero-order valence-corrected chi connectivity index (χ0v) is 12.5. The van der Waals surface area contributed by atoms with E-state index in [1.54, 1.807) is 6.07 Å². The lowest BCUT2D eigenvalue weighted by Gasteiger charge is -1.98. The summed E-state index contributed by atoms with van der Waals surface area (Å²) in [5.41, 5.74) is 1.01. The number of benzene rings is 1. The molecule has 0 spiro atoms. The van der Waals surface area contributed by atoms with Crippen molar-refractivity contribution >= 4 is 28.2 Å². The van der Waals surface area contributed by atoms with Crippen molar-refractivity contribution in [3.63, 3.8) is 0 Å². The third-order valence-electron chi connectivity index (χ3n) is 3.20. The first-order chi connectivity index (χ1) is 11.3. The summed E-state index contributed by atoms with van der Waals surface area (Å²) >= 11 is 1.51. The highest BCUT2D eigenvalue weighted by atomic mass is 32.1. The van der Waals surface area contributed by atoms with E-state index in [4.69, 9.17) is 9.26 Å². The number of fused-ring (bicyclic) bond motifs is 1. The third kappa shape index (κ3) is 2.59. The predicted octanol–water partition coefficient (Wildman–Crippen LogP) is 3.03. The molecule has 0 amide bonds. The molecule has 1 N–H and O–H groups in total. The molecule has 0 radical (unpaired) electrons. The van der Waals surface area contributed by atoms with Gasteiger partial charge in [0.2, 0.25) is 5.82 Å². The number of aromatic nitrogens is 4. The summed E-state index contributed by atoms with van der Waals surface area (Å²) in [6, 6.07) is 11.1. The molecule has 0 bridgehead atoms. The van der Waals surface area contributed by atoms with Crippen molar-refractivity contribution in [2.75, 3.05) is 0 Å². The number of ether oxygens (including phenoxy) is 1. The van der Waals surface area contributed by atoms with Crippen LogP contribution in [-0.2, 0) is 11.3 Å². The van der Waals surface area contributed by atoms with Crippen LogP contribution in [0.3, 0.4) is 0 Å². The van der Waals surface area contributed by atoms with E-state index in [1.807, 2.05) is 35.7 Å². The smallest absolute Gasteiger partial charge is 0.359 e. The number of rotatable bonds is 4. The van der Waals surface area contributed by atoms with Gasteiger partial charge in [0, 0.05) is 5.39 Å². The van der Waals surface area contributed by atoms with Gasteiger partial charge >= 0.3 is 5.97 Å². The van der Waals surface area contributed by atoms with Crippen LogP contribution in [0, 0.1) is 0 Å². The minimum absolute atomic E-state index is 0.0988. The summed E-state index contributed by atoms with van der Waals surface area (Å²) in [5, 5.41) is 13.3. The minimum atomic E-state index is -0.543. The van der Waals surface area contributed by atoms with Crippen molar-refractivity contribution in [1.29, 1.82) is 0 Å². The van der Waals surface area contributed by atoms with E-state index in [0.717, 1.165) is 10.4 Å². The minimum Gasteiger partial charge on any atom is -0.451 e. The van der Waals surface area contributed by atoms with Crippen LogP contribution < -0.4 is 0 Å². The maximum atomic E-state index is 12.1. The number of nitrogens with one attached hydrogen (secondary N) is 1. The Morgan fingerprint density at radius 3 is 3.04 bits per heavy atom. The molecule has 23 heavy (non-hydrogen) atoms. The molecule has 0 aliphatic carbocycles. The van der Waals surface area contributed by atoms with Gasteiger partial charge < -0.3 is 9.26 Å². The molecule has 3 aromatic heterocycles. The molecule has 0 saturated heterocycles. The Balaban J connectivity index is 1.48. The molecule has 3 heterocycles. The van der Waals surface area contributed by atoms with Gasteiger partial charge in [0.15, 0.2) is 12.3 Å². The van der Waals surface area contributed by atoms with Crippen LogP contribution in [0.5, 0.6) is 0 Å². The number of carbonyl (C=O) groups excluding carboxylic acids is 1. The summed E-state index contributed by atoms with van der Waals surface area (Å²) in [7, 11) is 0. The molecule has 1 aromatic carbocycles. The quantitative estimate of drug-likeness (QED) is 0.579. The van der Waals surface area contributed by atoms with E-state index in [9.17, 15) is 4.79 Å². The van der Waals surface area contributed by atoms with E-state index in [1.165, 1.54) is 11.3 Å². The molecule has 0 atom stereocenters. The molecular weight excluding hydrogens is 316 g/mol. The highest BCUT2D eigenvalue weighted by Gasteiger charge is 2.17. The van der Waals surface area contributed by atoms with Gasteiger partial charge in [0.25, 0.3) is 5.89 Å². The van der Waals surface area contributed by atoms with E-state index >= 15 is 0 Å². The van der Waals surface area contributed by atoms with E-state index in [0.29, 0.717) is 11.2 Å². The third-order valence-corrected chi connectivity index (χ3v) is 4.07. The lowest BCUT2D eigenvalue weighted by molar-refractivity contribution is 0.0425. The SMILES string of the molecule is O=C(OCc1nc(-c2cccs2)no1)c1n[nH]c2ccccc12. The maximum absolute atomic E-state index is 12.1. The Bertz CT molecular complexity index is 958. The standard InChI is InChI=1S/C15H10N4O3S/c20-15(13-9-4-1-2-5-10(9)17-18-13)21-8-12-16-14(19-22-12)11-6-3-7-23-11/h1-7H,8H2,(H,17,18). The summed E-state index contributed by atoms with van der Waals surface area (Å²) in [4.78, 5) is 17.2. The molecule has 8 heteroatoms. The Morgan fingerprint density at radius 1 is 1.26 bits per heavy atom. The van der Waals surface area contributed by atoms with Gasteiger partial charge in [-0.3, -0.25) is 5.10 Å². The number of carbonyl (C=O) groups is 1. The fourth-order valence-electron chi connectivity index (χ4n) is 2.13. The first-order valence-electron chi connectivity index (χ1n) is 6.78. The van der Waals surface area contributed by atoms with Crippen molar-refractivity contribution in [3.8, 4) is 10.7 Å². The van der Waals surface area contributed by atoms with E-state index < -0.39 is 5.97 Å². The summed E-state index contributed by atoms with van der Waals surface area (Å²) in [6.45, 7) is -0.0988. The molecule has 0 unspecified atom stereocenters. The van der Waals surface area contributed by atoms with Crippen molar-refractivity contribution in [2.45, 2.75) is 6.61 Å². The summed E-state index contributed by atoms with van der Waals surface area (Å²) in [6.07, 6.45) is 0. The van der Waals surface area contributed by atoms with Gasteiger partial charge in [0.1, 0.15) is 0 Å². The highest BCUT2D eigenvalue weighted by Crippen LogP contribution is 2.21. The van der Waals surface area contributed by atoms with Crippen molar-refractivity contribution in [2.24, 2.45) is 0 Å². The zero-order valence-electron chi connectivity index (χ0n) is 11.7. The normalized spacial score (nSPS) is 11.0. The summed E-state index contributed by atoms with van der Waals surface area (Å²) in [5.74, 6) is 0.177. The lowest BCUT2D eigenvalue weighted by Crippen LogP contribution is -2.06. The molecular formula is C15H10N4O3S. The van der Waals surface area contributed by atoms with Gasteiger partial charge in [-0.2, -0.15) is 10.1 Å². The Hall–Kier alpha value is -3.00. The number of nitrogens with zero attached hydrogens (tertiary/aromatic N) is 3. The monoisotopic (exact) mass is 326 g/mol. The van der Waals surface area contributed by atoms with Gasteiger partial charge in [-0.1, -0.05) is 29.4 Å². The molecule has 0 aliphatic heterocycles. The maximum Gasteiger partial charge on any atom is 0.359 e. The van der Waals surface area contributed by atoms with Crippen molar-refractivity contribution in [3.05, 3.63) is 53.4 Å². The number of hydrogen-bond donors (Lipinski definition) is 1. The second-order valence-corrected chi connectivity index (χ2v) is 5.63. The topological polar surface area (TPSA) is 93.9 Å². The number of H-pyrrole nitrogens is 1. The number of thiophene rings is 1. The van der Waals surface area contributed by atoms with E-state index in [2.05, 4.69) is 20.3 Å². The van der Waals surface area contributed by atoms with Crippen LogP contribution >= 0.6 is 11.3 Å². The number of para-hydroxylation sites is 1. The Labute approximate surface area is 133 Å². The van der Waals surface area contributed by atoms with Gasteiger partial charge in [-0.15, -0.1) is 11.3 Å². The molecule has 4 rings (SSSR count). The number of hydrogen-bond acceptors (Lipinski definition) is 7. The summed E-state index contributed by atoms with van der Waals surface area (Å²) < 4.78 is 10.3. The van der Waals surface area contributed by atoms with Crippen LogP contribution in [0.15, 0.2) is 46.3 Å². The van der Waals surface area contributed by atoms with Crippen molar-refractivity contribution < 1.29 is 14.1 Å². The van der Waals surface area contributed by atoms with Gasteiger partial charge in [-0.25, -0.2) is 4.79 Å². The average molecular weight is 326 g/mol. The van der Waals surface area contributed by atoms with Crippen LogP contribution in [0.1, 0.15) is 16.4 Å². The molecule has 0 saturated carbocycles. The van der Waals surface area contributed by atoms with Crippen LogP contribution in [0.25, 0.3) is 21.6 Å². The Kier molecular flexibility index (Phi) is 3.35. The van der Waals surface area contributed by atoms with Gasteiger partial charge in [-0.05, 0) is 17.5 Å².